The van der Waals surface area contributed by atoms with Crippen LogP contribution in [0.4, 0.5) is 10.1 Å². The van der Waals surface area contributed by atoms with Crippen molar-refractivity contribution < 1.29 is 22.7 Å². The molecular formula is C13H21FN2O4S. The molecular weight excluding hydrogens is 299 g/mol. The third-order valence-electron chi connectivity index (χ3n) is 3.16. The number of aliphatic hydroxyl groups is 1. The lowest BCUT2D eigenvalue weighted by Gasteiger charge is -2.23. The highest BCUT2D eigenvalue weighted by Gasteiger charge is 2.24. The lowest BCUT2D eigenvalue weighted by molar-refractivity contribution is 0.0292. The number of ether oxygens (including phenoxy) is 1. The number of sulfonamides is 1. The molecule has 0 amide bonds. The predicted octanol–water partition coefficient (Wildman–Crippen LogP) is 0.782. The highest BCUT2D eigenvalue weighted by atomic mass is 32.2. The minimum absolute atomic E-state index is 0.0570. The molecule has 0 radical (unpaired) electrons. The van der Waals surface area contributed by atoms with Crippen LogP contribution in [-0.2, 0) is 14.8 Å². The lowest BCUT2D eigenvalue weighted by Crippen LogP contribution is -2.41. The molecule has 1 atom stereocenters. The van der Waals surface area contributed by atoms with Crippen LogP contribution in [0.25, 0.3) is 0 Å². The van der Waals surface area contributed by atoms with Crippen LogP contribution in [-0.4, -0.2) is 39.4 Å². The molecule has 0 saturated carbocycles. The van der Waals surface area contributed by atoms with Crippen LogP contribution in [0.3, 0.4) is 0 Å². The smallest absolute Gasteiger partial charge is 0.240 e. The number of halogens is 1. The van der Waals surface area contributed by atoms with Crippen molar-refractivity contribution in [3.8, 4) is 0 Å². The predicted molar refractivity (Wildman–Crippen MR) is 77.9 cm³/mol. The van der Waals surface area contributed by atoms with Crippen molar-refractivity contribution in [2.24, 2.45) is 0 Å². The maximum Gasteiger partial charge on any atom is 0.240 e. The third-order valence-corrected chi connectivity index (χ3v) is 4.54. The Labute approximate surface area is 124 Å². The molecule has 0 saturated heterocycles. The van der Waals surface area contributed by atoms with Gasteiger partial charge in [-0.2, -0.15) is 0 Å². The number of anilines is 1. The summed E-state index contributed by atoms with van der Waals surface area (Å²) in [7, 11) is -2.47. The molecule has 6 nitrogen and oxygen atoms in total. The Morgan fingerprint density at radius 3 is 2.62 bits per heavy atom. The zero-order valence-electron chi connectivity index (χ0n) is 12.3. The summed E-state index contributed by atoms with van der Waals surface area (Å²) in [6, 6.07) is 2.09. The number of methoxy groups -OCH3 is 1. The minimum atomic E-state index is -3.95. The second-order valence-corrected chi connectivity index (χ2v) is 6.95. The van der Waals surface area contributed by atoms with Crippen molar-refractivity contribution in [3.63, 3.8) is 0 Å². The van der Waals surface area contributed by atoms with Crippen molar-refractivity contribution in [3.05, 3.63) is 23.5 Å². The van der Waals surface area contributed by atoms with E-state index in [0.717, 1.165) is 6.07 Å². The summed E-state index contributed by atoms with van der Waals surface area (Å²) in [4.78, 5) is -0.273. The summed E-state index contributed by atoms with van der Waals surface area (Å²) >= 11 is 0. The van der Waals surface area contributed by atoms with E-state index in [1.54, 1.807) is 0 Å². The molecule has 1 rings (SSSR count). The average molecular weight is 320 g/mol. The highest BCUT2D eigenvalue weighted by molar-refractivity contribution is 7.89. The number of nitrogens with two attached hydrogens (primary N) is 1. The summed E-state index contributed by atoms with van der Waals surface area (Å²) in [6.45, 7) is 3.03. The summed E-state index contributed by atoms with van der Waals surface area (Å²) < 4.78 is 44.8. The van der Waals surface area contributed by atoms with Gasteiger partial charge in [0.25, 0.3) is 0 Å². The molecule has 0 aliphatic carbocycles. The molecule has 0 bridgehead atoms. The van der Waals surface area contributed by atoms with Crippen molar-refractivity contribution in [1.82, 2.24) is 4.72 Å². The Kier molecular flexibility index (Phi) is 5.68. The van der Waals surface area contributed by atoms with Gasteiger partial charge in [0.2, 0.25) is 10.0 Å². The van der Waals surface area contributed by atoms with Gasteiger partial charge >= 0.3 is 0 Å². The molecule has 1 aromatic rings. The zero-order valence-corrected chi connectivity index (χ0v) is 13.1. The van der Waals surface area contributed by atoms with Crippen LogP contribution >= 0.6 is 0 Å². The Morgan fingerprint density at radius 1 is 1.48 bits per heavy atom. The molecule has 0 aliphatic heterocycles. The molecule has 1 aromatic carbocycles. The zero-order chi connectivity index (χ0) is 16.3. The van der Waals surface area contributed by atoms with Gasteiger partial charge in [0, 0.05) is 37.9 Å². The maximum absolute atomic E-state index is 13.6. The van der Waals surface area contributed by atoms with Gasteiger partial charge in [-0.1, -0.05) is 0 Å². The number of nitrogens with one attached hydrogen (secondary N) is 1. The summed E-state index contributed by atoms with van der Waals surface area (Å²) in [5.74, 6) is -0.693. The van der Waals surface area contributed by atoms with Gasteiger partial charge in [-0.15, -0.1) is 0 Å². The average Bonchev–Trinajstić information content (AvgIpc) is 2.40. The normalized spacial score (nSPS) is 14.9. The van der Waals surface area contributed by atoms with Gasteiger partial charge in [-0.25, -0.2) is 17.5 Å². The second-order valence-electron chi connectivity index (χ2n) is 5.18. The van der Waals surface area contributed by atoms with Crippen LogP contribution in [0.2, 0.25) is 0 Å². The second kappa shape index (κ2) is 6.69. The first-order valence-corrected chi connectivity index (χ1v) is 7.84. The first-order chi connectivity index (χ1) is 9.59. The van der Waals surface area contributed by atoms with Crippen molar-refractivity contribution in [1.29, 1.82) is 0 Å². The molecule has 0 heterocycles. The fourth-order valence-electron chi connectivity index (χ4n) is 1.57. The van der Waals surface area contributed by atoms with Gasteiger partial charge in [0.1, 0.15) is 5.82 Å². The van der Waals surface area contributed by atoms with E-state index in [9.17, 15) is 17.9 Å². The van der Waals surface area contributed by atoms with Gasteiger partial charge in [0.15, 0.2) is 0 Å². The minimum Gasteiger partial charge on any atom is -0.398 e. The molecule has 8 heteroatoms. The van der Waals surface area contributed by atoms with Crippen LogP contribution in [0.15, 0.2) is 17.0 Å². The van der Waals surface area contributed by atoms with E-state index < -0.39 is 21.4 Å². The van der Waals surface area contributed by atoms with E-state index in [4.69, 9.17) is 10.5 Å². The Bertz CT molecular complexity index is 579. The van der Waals surface area contributed by atoms with Crippen LogP contribution in [0, 0.1) is 12.7 Å². The molecule has 0 spiro atoms. The topological polar surface area (TPSA) is 102 Å². The molecule has 4 N–H and O–H groups in total. The number of benzene rings is 1. The fraction of sp³-hybridized carbons (Fsp3) is 0.538. The van der Waals surface area contributed by atoms with Gasteiger partial charge < -0.3 is 15.6 Å². The SMILES string of the molecule is COCCC(C)(O)CNS(=O)(=O)c1cc(N)c(C)c(F)c1. The quantitative estimate of drug-likeness (QED) is 0.645. The Hall–Kier alpha value is -1.22. The molecule has 120 valence electrons. The summed E-state index contributed by atoms with van der Waals surface area (Å²) in [5, 5.41) is 10.0. The van der Waals surface area contributed by atoms with E-state index in [2.05, 4.69) is 4.72 Å². The van der Waals surface area contributed by atoms with E-state index in [1.165, 1.54) is 27.0 Å². The number of rotatable bonds is 7. The molecule has 0 aliphatic rings. The fourth-order valence-corrected chi connectivity index (χ4v) is 2.78. The largest absolute Gasteiger partial charge is 0.398 e. The molecule has 0 aromatic heterocycles. The third kappa shape index (κ3) is 4.92. The lowest BCUT2D eigenvalue weighted by atomic mass is 10.0. The van der Waals surface area contributed by atoms with Crippen LogP contribution < -0.4 is 10.5 Å². The number of hydrogen-bond donors (Lipinski definition) is 3. The monoisotopic (exact) mass is 320 g/mol. The van der Waals surface area contributed by atoms with E-state index in [1.807, 2.05) is 0 Å². The van der Waals surface area contributed by atoms with Gasteiger partial charge in [0.05, 0.1) is 10.5 Å². The molecule has 0 fully saturated rings. The van der Waals surface area contributed by atoms with Crippen molar-refractivity contribution in [2.75, 3.05) is 26.0 Å². The Balaban J connectivity index is 2.88. The molecule has 21 heavy (non-hydrogen) atoms. The molecule has 1 unspecified atom stereocenters. The number of hydrogen-bond acceptors (Lipinski definition) is 5. The van der Waals surface area contributed by atoms with Crippen LogP contribution in [0.1, 0.15) is 18.9 Å². The first-order valence-electron chi connectivity index (χ1n) is 6.36. The van der Waals surface area contributed by atoms with Crippen LogP contribution in [0.5, 0.6) is 0 Å². The number of nitrogen functional groups attached to an aromatic ring is 1. The first kappa shape index (κ1) is 17.8. The highest BCUT2D eigenvalue weighted by Crippen LogP contribution is 2.21. The van der Waals surface area contributed by atoms with Gasteiger partial charge in [-0.05, 0) is 26.0 Å². The van der Waals surface area contributed by atoms with E-state index in [-0.39, 0.29) is 29.1 Å². The van der Waals surface area contributed by atoms with E-state index >= 15 is 0 Å². The Morgan fingerprint density at radius 2 is 2.10 bits per heavy atom. The summed E-state index contributed by atoms with van der Waals surface area (Å²) in [5.41, 5.74) is 4.55. The maximum atomic E-state index is 13.6. The van der Waals surface area contributed by atoms with E-state index in [0.29, 0.717) is 6.61 Å². The van der Waals surface area contributed by atoms with Gasteiger partial charge in [-0.3, -0.25) is 0 Å². The standard InChI is InChI=1S/C13H21FN2O4S/c1-9-11(14)6-10(7-12(9)15)21(18,19)16-8-13(2,17)4-5-20-3/h6-7,16-17H,4-5,8,15H2,1-3H3. The van der Waals surface area contributed by atoms with Crippen molar-refractivity contribution in [2.45, 2.75) is 30.8 Å². The van der Waals surface area contributed by atoms with Crippen molar-refractivity contribution >= 4 is 15.7 Å². The summed E-state index contributed by atoms with van der Waals surface area (Å²) in [6.07, 6.45) is 0.260.